The van der Waals surface area contributed by atoms with Crippen LogP contribution in [0, 0.1) is 31.0 Å². The van der Waals surface area contributed by atoms with Crippen LogP contribution in [0.4, 0.5) is 21.8 Å². The van der Waals surface area contributed by atoms with Crippen LogP contribution < -0.4 is 10.6 Å². The average molecular weight is 353 g/mol. The molecule has 1 atom stereocenters. The van der Waals surface area contributed by atoms with Gasteiger partial charge in [0.25, 0.3) is 0 Å². The Morgan fingerprint density at radius 2 is 1.92 bits per heavy atom. The van der Waals surface area contributed by atoms with E-state index in [0.29, 0.717) is 23.2 Å². The van der Waals surface area contributed by atoms with Crippen molar-refractivity contribution in [1.29, 1.82) is 5.26 Å². The Morgan fingerprint density at radius 3 is 2.54 bits per heavy atom. The molecule has 0 bridgehead atoms. The largest absolute Gasteiger partial charge is 0.358 e. The highest BCUT2D eigenvalue weighted by Gasteiger charge is 2.16. The summed E-state index contributed by atoms with van der Waals surface area (Å²) in [4.78, 5) is 16.6. The Hall–Kier alpha value is -3.61. The summed E-state index contributed by atoms with van der Waals surface area (Å²) in [6.07, 6.45) is 2.17. The van der Waals surface area contributed by atoms with E-state index in [1.165, 1.54) is 0 Å². The van der Waals surface area contributed by atoms with Crippen LogP contribution in [0.3, 0.4) is 0 Å². The van der Waals surface area contributed by atoms with Gasteiger partial charge in [-0.2, -0.15) is 10.4 Å². The maximum absolute atomic E-state index is 13.0. The van der Waals surface area contributed by atoms with Crippen LogP contribution >= 0.6 is 0 Å². The van der Waals surface area contributed by atoms with Crippen LogP contribution in [0.25, 0.3) is 0 Å². The van der Waals surface area contributed by atoms with Crippen molar-refractivity contribution in [3.05, 3.63) is 47.2 Å². The second-order valence-electron chi connectivity index (χ2n) is 5.65. The van der Waals surface area contributed by atoms with E-state index in [1.54, 1.807) is 13.8 Å². The molecule has 0 aliphatic heterocycles. The van der Waals surface area contributed by atoms with Gasteiger partial charge < -0.3 is 10.6 Å². The topological polar surface area (TPSA) is 128 Å². The van der Waals surface area contributed by atoms with E-state index in [4.69, 9.17) is 0 Å². The van der Waals surface area contributed by atoms with Crippen molar-refractivity contribution in [2.45, 2.75) is 26.8 Å². The fraction of sp³-hybridized carbons (Fsp3) is 0.250. The minimum Gasteiger partial charge on any atom is -0.358 e. The molecular formula is C16H16FN9. The van der Waals surface area contributed by atoms with Crippen molar-refractivity contribution < 1.29 is 4.39 Å². The number of hydrogen-bond acceptors (Lipinski definition) is 8. The van der Waals surface area contributed by atoms with E-state index in [9.17, 15) is 9.65 Å². The van der Waals surface area contributed by atoms with Crippen molar-refractivity contribution >= 4 is 17.5 Å². The fourth-order valence-electron chi connectivity index (χ4n) is 2.24. The molecule has 0 aliphatic carbocycles. The molecule has 26 heavy (non-hydrogen) atoms. The zero-order chi connectivity index (χ0) is 18.7. The first kappa shape index (κ1) is 17.2. The normalized spacial score (nSPS) is 11.7. The Bertz CT molecular complexity index is 959. The van der Waals surface area contributed by atoms with Gasteiger partial charge in [0.15, 0.2) is 29.0 Å². The number of nitrogens with one attached hydrogen (secondary N) is 3. The molecule has 3 rings (SSSR count). The summed E-state index contributed by atoms with van der Waals surface area (Å²) in [5.74, 6) is 1.17. The number of rotatable bonds is 5. The van der Waals surface area contributed by atoms with E-state index in [-0.39, 0.29) is 11.5 Å². The maximum atomic E-state index is 13.0. The molecule has 10 heteroatoms. The van der Waals surface area contributed by atoms with Gasteiger partial charge in [-0.25, -0.2) is 24.3 Å². The summed E-state index contributed by atoms with van der Waals surface area (Å²) in [7, 11) is 0. The molecule has 3 aromatic heterocycles. The fourth-order valence-corrected chi connectivity index (χ4v) is 2.24. The van der Waals surface area contributed by atoms with Gasteiger partial charge in [0.1, 0.15) is 11.9 Å². The minimum atomic E-state index is -0.519. The standard InChI is InChI=1S/C16H16FN9/c1-8-4-13(26-25-8)23-15-10(3)21-12(5-18)16(24-15)22-9(2)14-19-6-11(17)7-20-14/h4,6-7,9H,1-3H3,(H3,22,23,24,25,26). The average Bonchev–Trinajstić information content (AvgIpc) is 3.03. The third-order valence-electron chi connectivity index (χ3n) is 3.51. The monoisotopic (exact) mass is 353 g/mol. The Labute approximate surface area is 148 Å². The molecule has 0 amide bonds. The van der Waals surface area contributed by atoms with Crippen molar-refractivity contribution in [3.8, 4) is 6.07 Å². The van der Waals surface area contributed by atoms with E-state index in [0.717, 1.165) is 18.1 Å². The van der Waals surface area contributed by atoms with Crippen molar-refractivity contribution in [1.82, 2.24) is 30.1 Å². The number of aryl methyl sites for hydroxylation is 2. The SMILES string of the molecule is Cc1cc(Nc2nc(NC(C)c3ncc(F)cn3)c(C#N)nc2C)n[nH]1. The van der Waals surface area contributed by atoms with Gasteiger partial charge in [-0.05, 0) is 20.8 Å². The highest BCUT2D eigenvalue weighted by atomic mass is 19.1. The molecule has 0 radical (unpaired) electrons. The lowest BCUT2D eigenvalue weighted by atomic mass is 10.3. The van der Waals surface area contributed by atoms with E-state index in [1.807, 2.05) is 19.1 Å². The molecule has 0 aliphatic rings. The highest BCUT2D eigenvalue weighted by molar-refractivity contribution is 5.60. The molecule has 0 fully saturated rings. The quantitative estimate of drug-likeness (QED) is 0.638. The first-order valence-electron chi connectivity index (χ1n) is 7.78. The Morgan fingerprint density at radius 1 is 1.19 bits per heavy atom. The molecule has 0 saturated carbocycles. The summed E-state index contributed by atoms with van der Waals surface area (Å²) in [5, 5.41) is 22.4. The van der Waals surface area contributed by atoms with Crippen LogP contribution in [0.5, 0.6) is 0 Å². The van der Waals surface area contributed by atoms with Crippen molar-refractivity contribution in [3.63, 3.8) is 0 Å². The molecule has 3 heterocycles. The number of anilines is 3. The number of aromatic amines is 1. The lowest BCUT2D eigenvalue weighted by molar-refractivity contribution is 0.604. The number of hydrogen-bond donors (Lipinski definition) is 3. The maximum Gasteiger partial charge on any atom is 0.183 e. The van der Waals surface area contributed by atoms with Gasteiger partial charge in [0, 0.05) is 11.8 Å². The van der Waals surface area contributed by atoms with Gasteiger partial charge in [-0.15, -0.1) is 0 Å². The number of nitriles is 1. The number of halogens is 1. The van der Waals surface area contributed by atoms with Gasteiger partial charge in [-0.3, -0.25) is 5.10 Å². The Kier molecular flexibility index (Phi) is 4.70. The van der Waals surface area contributed by atoms with Gasteiger partial charge >= 0.3 is 0 Å². The smallest absolute Gasteiger partial charge is 0.183 e. The second-order valence-corrected chi connectivity index (χ2v) is 5.65. The lowest BCUT2D eigenvalue weighted by Crippen LogP contribution is -2.14. The summed E-state index contributed by atoms with van der Waals surface area (Å²) in [6.45, 7) is 5.40. The molecule has 0 saturated heterocycles. The number of nitrogens with zero attached hydrogens (tertiary/aromatic N) is 6. The zero-order valence-corrected chi connectivity index (χ0v) is 14.4. The molecule has 3 N–H and O–H groups in total. The van der Waals surface area contributed by atoms with Gasteiger partial charge in [0.05, 0.1) is 24.1 Å². The third-order valence-corrected chi connectivity index (χ3v) is 3.51. The van der Waals surface area contributed by atoms with Crippen LogP contribution in [0.15, 0.2) is 18.5 Å². The predicted molar refractivity (Wildman–Crippen MR) is 92.1 cm³/mol. The summed E-state index contributed by atoms with van der Waals surface area (Å²) < 4.78 is 13.0. The van der Waals surface area contributed by atoms with Crippen LogP contribution in [-0.2, 0) is 0 Å². The molecule has 9 nitrogen and oxygen atoms in total. The predicted octanol–water partition coefficient (Wildman–Crippen LogP) is 2.53. The summed E-state index contributed by atoms with van der Waals surface area (Å²) >= 11 is 0. The summed E-state index contributed by atoms with van der Waals surface area (Å²) in [6, 6.07) is 3.43. The lowest BCUT2D eigenvalue weighted by Gasteiger charge is -2.15. The second kappa shape index (κ2) is 7.10. The Balaban J connectivity index is 1.88. The van der Waals surface area contributed by atoms with E-state index >= 15 is 0 Å². The van der Waals surface area contributed by atoms with Crippen molar-refractivity contribution in [2.75, 3.05) is 10.6 Å². The van der Waals surface area contributed by atoms with Gasteiger partial charge in [-0.1, -0.05) is 0 Å². The van der Waals surface area contributed by atoms with Crippen LogP contribution in [0.2, 0.25) is 0 Å². The van der Waals surface area contributed by atoms with E-state index < -0.39 is 11.9 Å². The molecule has 132 valence electrons. The first-order valence-corrected chi connectivity index (χ1v) is 7.78. The number of H-pyrrole nitrogens is 1. The molecular weight excluding hydrogens is 337 g/mol. The van der Waals surface area contributed by atoms with Crippen molar-refractivity contribution in [2.24, 2.45) is 0 Å². The first-order chi connectivity index (χ1) is 12.5. The molecule has 1 unspecified atom stereocenters. The van der Waals surface area contributed by atoms with E-state index in [2.05, 4.69) is 40.8 Å². The highest BCUT2D eigenvalue weighted by Crippen LogP contribution is 2.23. The summed E-state index contributed by atoms with van der Waals surface area (Å²) in [5.41, 5.74) is 1.59. The third kappa shape index (κ3) is 3.72. The minimum absolute atomic E-state index is 0.139. The van der Waals surface area contributed by atoms with Gasteiger partial charge in [0.2, 0.25) is 0 Å². The van der Waals surface area contributed by atoms with Crippen LogP contribution in [0.1, 0.15) is 35.9 Å². The molecule has 0 aromatic carbocycles. The van der Waals surface area contributed by atoms with Crippen LogP contribution in [-0.4, -0.2) is 30.1 Å². The zero-order valence-electron chi connectivity index (χ0n) is 14.4. The molecule has 0 spiro atoms. The molecule has 3 aromatic rings. The number of aromatic nitrogens is 6.